The first-order valence-electron chi connectivity index (χ1n) is 7.70. The molecule has 0 bridgehead atoms. The molecule has 0 fully saturated rings. The fraction of sp³-hybridized carbons (Fsp3) is 0.211. The number of carbonyl (C=O) groups is 2. The van der Waals surface area contributed by atoms with Crippen molar-refractivity contribution in [2.75, 3.05) is 12.4 Å². The smallest absolute Gasteiger partial charge is 0.254 e. The van der Waals surface area contributed by atoms with Crippen molar-refractivity contribution in [2.24, 2.45) is 0 Å². The number of anilines is 1. The molecule has 0 aliphatic heterocycles. The molecular formula is C19H19N3O3. The van der Waals surface area contributed by atoms with Gasteiger partial charge >= 0.3 is 0 Å². The number of benzene rings is 2. The summed E-state index contributed by atoms with van der Waals surface area (Å²) in [5, 5.41) is 14.3. The predicted octanol–water partition coefficient (Wildman–Crippen LogP) is 2.52. The summed E-state index contributed by atoms with van der Waals surface area (Å²) in [7, 11) is 1.47. The van der Waals surface area contributed by atoms with Gasteiger partial charge in [-0.25, -0.2) is 0 Å². The molecule has 1 unspecified atom stereocenters. The standard InChI is InChI=1S/C19H19N3O3/c1-13(23)22-17-9-7-16(8-10-17)18(25-2)19(24)21-12-15-5-3-14(11-20)4-6-15/h3-10,18H,12H2,1-2H3,(H,21,24)(H,22,23). The highest BCUT2D eigenvalue weighted by atomic mass is 16.5. The Labute approximate surface area is 146 Å². The van der Waals surface area contributed by atoms with Crippen LogP contribution in [-0.4, -0.2) is 18.9 Å². The molecule has 0 saturated heterocycles. The molecule has 2 aromatic rings. The first kappa shape index (κ1) is 18.2. The van der Waals surface area contributed by atoms with Crippen LogP contribution in [0.25, 0.3) is 0 Å². The summed E-state index contributed by atoms with van der Waals surface area (Å²) >= 11 is 0. The molecule has 6 heteroatoms. The molecule has 2 aromatic carbocycles. The molecular weight excluding hydrogens is 318 g/mol. The maximum absolute atomic E-state index is 12.4. The minimum Gasteiger partial charge on any atom is -0.367 e. The lowest BCUT2D eigenvalue weighted by Crippen LogP contribution is -2.30. The van der Waals surface area contributed by atoms with E-state index in [9.17, 15) is 9.59 Å². The van der Waals surface area contributed by atoms with E-state index in [1.807, 2.05) is 0 Å². The maximum atomic E-state index is 12.4. The van der Waals surface area contributed by atoms with Gasteiger partial charge in [0.15, 0.2) is 6.10 Å². The zero-order chi connectivity index (χ0) is 18.2. The van der Waals surface area contributed by atoms with Gasteiger partial charge in [0.05, 0.1) is 11.6 Å². The number of nitriles is 1. The Morgan fingerprint density at radius 2 is 1.76 bits per heavy atom. The van der Waals surface area contributed by atoms with Gasteiger partial charge in [-0.05, 0) is 35.4 Å². The molecule has 0 aliphatic rings. The number of rotatable bonds is 6. The summed E-state index contributed by atoms with van der Waals surface area (Å²) in [6.07, 6.45) is -0.746. The number of hydrogen-bond donors (Lipinski definition) is 2. The highest BCUT2D eigenvalue weighted by Gasteiger charge is 2.19. The number of carbonyl (C=O) groups excluding carboxylic acids is 2. The first-order valence-corrected chi connectivity index (χ1v) is 7.70. The second kappa shape index (κ2) is 8.62. The normalized spacial score (nSPS) is 11.2. The van der Waals surface area contributed by atoms with Gasteiger partial charge in [0.2, 0.25) is 5.91 Å². The second-order valence-electron chi connectivity index (χ2n) is 5.45. The van der Waals surface area contributed by atoms with E-state index >= 15 is 0 Å². The van der Waals surface area contributed by atoms with Crippen LogP contribution in [0.3, 0.4) is 0 Å². The SMILES string of the molecule is COC(C(=O)NCc1ccc(C#N)cc1)c1ccc(NC(C)=O)cc1. The van der Waals surface area contributed by atoms with Gasteiger partial charge in [0.1, 0.15) is 0 Å². The lowest BCUT2D eigenvalue weighted by atomic mass is 10.1. The first-order chi connectivity index (χ1) is 12.0. The summed E-state index contributed by atoms with van der Waals surface area (Å²) in [5.74, 6) is -0.421. The van der Waals surface area contributed by atoms with Gasteiger partial charge in [-0.15, -0.1) is 0 Å². The van der Waals surface area contributed by atoms with Crippen LogP contribution < -0.4 is 10.6 Å². The minimum atomic E-state index is -0.746. The van der Waals surface area contributed by atoms with Gasteiger partial charge < -0.3 is 15.4 Å². The van der Waals surface area contributed by atoms with Crippen molar-refractivity contribution in [3.63, 3.8) is 0 Å². The zero-order valence-corrected chi connectivity index (χ0v) is 14.1. The van der Waals surface area contributed by atoms with Crippen LogP contribution in [-0.2, 0) is 20.9 Å². The van der Waals surface area contributed by atoms with Crippen molar-refractivity contribution < 1.29 is 14.3 Å². The second-order valence-corrected chi connectivity index (χ2v) is 5.45. The summed E-state index contributed by atoms with van der Waals surface area (Å²) in [6, 6.07) is 16.0. The molecule has 0 aliphatic carbocycles. The van der Waals surface area contributed by atoms with E-state index in [4.69, 9.17) is 10.00 Å². The largest absolute Gasteiger partial charge is 0.367 e. The molecule has 0 aromatic heterocycles. The van der Waals surface area contributed by atoms with Crippen LogP contribution in [0.4, 0.5) is 5.69 Å². The Kier molecular flexibility index (Phi) is 6.26. The third-order valence-corrected chi connectivity index (χ3v) is 3.56. The lowest BCUT2D eigenvalue weighted by molar-refractivity contribution is -0.131. The average molecular weight is 337 g/mol. The van der Waals surface area contributed by atoms with Crippen molar-refractivity contribution >= 4 is 17.5 Å². The summed E-state index contributed by atoms with van der Waals surface area (Å²) < 4.78 is 5.30. The van der Waals surface area contributed by atoms with Gasteiger partial charge in [-0.2, -0.15) is 5.26 Å². The van der Waals surface area contributed by atoms with E-state index in [1.54, 1.807) is 48.5 Å². The van der Waals surface area contributed by atoms with E-state index in [2.05, 4.69) is 16.7 Å². The molecule has 2 amide bonds. The number of methoxy groups -OCH3 is 1. The minimum absolute atomic E-state index is 0.156. The van der Waals surface area contributed by atoms with Crippen LogP contribution in [0.2, 0.25) is 0 Å². The zero-order valence-electron chi connectivity index (χ0n) is 14.1. The predicted molar refractivity (Wildman–Crippen MR) is 93.5 cm³/mol. The van der Waals surface area contributed by atoms with Crippen LogP contribution in [0.1, 0.15) is 29.7 Å². The molecule has 0 heterocycles. The molecule has 128 valence electrons. The molecule has 1 atom stereocenters. The number of amides is 2. The fourth-order valence-corrected chi connectivity index (χ4v) is 2.32. The monoisotopic (exact) mass is 337 g/mol. The van der Waals surface area contributed by atoms with Crippen LogP contribution in [0, 0.1) is 11.3 Å². The van der Waals surface area contributed by atoms with E-state index in [0.717, 1.165) is 5.56 Å². The van der Waals surface area contributed by atoms with Crippen LogP contribution in [0.5, 0.6) is 0 Å². The highest BCUT2D eigenvalue weighted by molar-refractivity contribution is 5.88. The van der Waals surface area contributed by atoms with E-state index < -0.39 is 6.10 Å². The van der Waals surface area contributed by atoms with Gasteiger partial charge in [0, 0.05) is 26.3 Å². The third kappa shape index (κ3) is 5.16. The molecule has 0 saturated carbocycles. The Hall–Kier alpha value is -3.17. The van der Waals surface area contributed by atoms with Crippen molar-refractivity contribution in [3.8, 4) is 6.07 Å². The topological polar surface area (TPSA) is 91.2 Å². The molecule has 0 spiro atoms. The Morgan fingerprint density at radius 1 is 1.12 bits per heavy atom. The van der Waals surface area contributed by atoms with Crippen molar-refractivity contribution in [1.29, 1.82) is 5.26 Å². The van der Waals surface area contributed by atoms with Gasteiger partial charge in [0.25, 0.3) is 5.91 Å². The molecule has 0 radical (unpaired) electrons. The number of ether oxygens (including phenoxy) is 1. The molecule has 2 N–H and O–H groups in total. The number of nitrogens with one attached hydrogen (secondary N) is 2. The van der Waals surface area contributed by atoms with Gasteiger partial charge in [-0.1, -0.05) is 24.3 Å². The Bertz CT molecular complexity index is 777. The number of nitrogens with zero attached hydrogens (tertiary/aromatic N) is 1. The van der Waals surface area contributed by atoms with Crippen molar-refractivity contribution in [1.82, 2.24) is 5.32 Å². The summed E-state index contributed by atoms with van der Waals surface area (Å²) in [6.45, 7) is 1.77. The van der Waals surface area contributed by atoms with E-state index in [-0.39, 0.29) is 11.8 Å². The quantitative estimate of drug-likeness (QED) is 0.847. The third-order valence-electron chi connectivity index (χ3n) is 3.56. The summed E-state index contributed by atoms with van der Waals surface area (Å²) in [5.41, 5.74) is 2.81. The molecule has 2 rings (SSSR count). The van der Waals surface area contributed by atoms with Gasteiger partial charge in [-0.3, -0.25) is 9.59 Å². The number of hydrogen-bond acceptors (Lipinski definition) is 4. The molecule has 25 heavy (non-hydrogen) atoms. The van der Waals surface area contributed by atoms with Crippen LogP contribution in [0.15, 0.2) is 48.5 Å². The highest BCUT2D eigenvalue weighted by Crippen LogP contribution is 2.19. The average Bonchev–Trinajstić information content (AvgIpc) is 2.62. The van der Waals surface area contributed by atoms with E-state index in [1.165, 1.54) is 14.0 Å². The lowest BCUT2D eigenvalue weighted by Gasteiger charge is -2.16. The summed E-state index contributed by atoms with van der Waals surface area (Å²) in [4.78, 5) is 23.4. The maximum Gasteiger partial charge on any atom is 0.254 e. The molecule has 6 nitrogen and oxygen atoms in total. The van der Waals surface area contributed by atoms with Crippen molar-refractivity contribution in [3.05, 3.63) is 65.2 Å². The fourth-order valence-electron chi connectivity index (χ4n) is 2.32. The van der Waals surface area contributed by atoms with E-state index in [0.29, 0.717) is 23.4 Å². The Morgan fingerprint density at radius 3 is 2.28 bits per heavy atom. The van der Waals surface area contributed by atoms with Crippen molar-refractivity contribution in [2.45, 2.75) is 19.6 Å². The Balaban J connectivity index is 2.00. The van der Waals surface area contributed by atoms with Crippen LogP contribution >= 0.6 is 0 Å².